The van der Waals surface area contributed by atoms with Crippen molar-refractivity contribution < 1.29 is 4.74 Å². The predicted molar refractivity (Wildman–Crippen MR) is 70.0 cm³/mol. The van der Waals surface area contributed by atoms with Gasteiger partial charge >= 0.3 is 0 Å². The van der Waals surface area contributed by atoms with Crippen LogP contribution >= 0.6 is 0 Å². The number of nitrogens with two attached hydrogens (primary N) is 1. The van der Waals surface area contributed by atoms with E-state index in [0.717, 1.165) is 39.1 Å². The SMILES string of the molecule is CN(CCCN)CC1OCCc2ccccc21. The van der Waals surface area contributed by atoms with Gasteiger partial charge in [-0.25, -0.2) is 0 Å². The van der Waals surface area contributed by atoms with Gasteiger partial charge in [-0.15, -0.1) is 0 Å². The van der Waals surface area contributed by atoms with Crippen molar-refractivity contribution in [2.75, 3.05) is 33.3 Å². The van der Waals surface area contributed by atoms with Gasteiger partial charge in [-0.1, -0.05) is 24.3 Å². The van der Waals surface area contributed by atoms with Gasteiger partial charge in [0.1, 0.15) is 0 Å². The van der Waals surface area contributed by atoms with Crippen molar-refractivity contribution >= 4 is 0 Å². The molecule has 0 radical (unpaired) electrons. The van der Waals surface area contributed by atoms with Crippen molar-refractivity contribution in [1.29, 1.82) is 0 Å². The third kappa shape index (κ3) is 3.28. The molecule has 1 aliphatic rings. The molecular weight excluding hydrogens is 212 g/mol. The Morgan fingerprint density at radius 3 is 3.06 bits per heavy atom. The van der Waals surface area contributed by atoms with Crippen LogP contribution in [0.2, 0.25) is 0 Å². The Balaban J connectivity index is 1.98. The second kappa shape index (κ2) is 6.15. The summed E-state index contributed by atoms with van der Waals surface area (Å²) in [4.78, 5) is 2.31. The van der Waals surface area contributed by atoms with E-state index in [1.165, 1.54) is 11.1 Å². The number of fused-ring (bicyclic) bond motifs is 1. The lowest BCUT2D eigenvalue weighted by Gasteiger charge is -2.29. The molecular formula is C14H22N2O. The number of nitrogens with zero attached hydrogens (tertiary/aromatic N) is 1. The quantitative estimate of drug-likeness (QED) is 0.840. The van der Waals surface area contributed by atoms with E-state index in [2.05, 4.69) is 36.2 Å². The largest absolute Gasteiger partial charge is 0.372 e. The van der Waals surface area contributed by atoms with Gasteiger partial charge < -0.3 is 15.4 Å². The monoisotopic (exact) mass is 234 g/mol. The molecule has 1 aliphatic heterocycles. The highest BCUT2D eigenvalue weighted by Gasteiger charge is 2.21. The summed E-state index contributed by atoms with van der Waals surface area (Å²) >= 11 is 0. The summed E-state index contributed by atoms with van der Waals surface area (Å²) in [5.74, 6) is 0. The van der Waals surface area contributed by atoms with E-state index in [1.54, 1.807) is 0 Å². The molecule has 3 nitrogen and oxygen atoms in total. The summed E-state index contributed by atoms with van der Waals surface area (Å²) in [7, 11) is 2.14. The van der Waals surface area contributed by atoms with Gasteiger partial charge in [0, 0.05) is 6.54 Å². The van der Waals surface area contributed by atoms with Crippen LogP contribution in [0.25, 0.3) is 0 Å². The minimum atomic E-state index is 0.225. The zero-order chi connectivity index (χ0) is 12.1. The van der Waals surface area contributed by atoms with Gasteiger partial charge in [0.25, 0.3) is 0 Å². The zero-order valence-corrected chi connectivity index (χ0v) is 10.6. The van der Waals surface area contributed by atoms with Crippen molar-refractivity contribution in [1.82, 2.24) is 4.90 Å². The molecule has 1 heterocycles. The highest BCUT2D eigenvalue weighted by Crippen LogP contribution is 2.27. The Bertz CT molecular complexity index is 354. The molecule has 0 amide bonds. The Hall–Kier alpha value is -0.900. The van der Waals surface area contributed by atoms with Gasteiger partial charge in [0.15, 0.2) is 0 Å². The van der Waals surface area contributed by atoms with Crippen LogP contribution in [0, 0.1) is 0 Å². The Kier molecular flexibility index (Phi) is 4.54. The first-order valence-electron chi connectivity index (χ1n) is 6.39. The first-order chi connectivity index (χ1) is 8.31. The standard InChI is InChI=1S/C14H22N2O/c1-16(9-4-8-15)11-14-13-6-3-2-5-12(13)7-10-17-14/h2-3,5-6,14H,4,7-11,15H2,1H3. The van der Waals surface area contributed by atoms with Crippen molar-refractivity contribution in [2.24, 2.45) is 5.73 Å². The molecule has 1 atom stereocenters. The Labute approximate surface area is 104 Å². The average molecular weight is 234 g/mol. The molecule has 0 saturated heterocycles. The molecule has 94 valence electrons. The molecule has 0 aromatic heterocycles. The molecule has 0 aliphatic carbocycles. The molecule has 3 heteroatoms. The first kappa shape index (κ1) is 12.6. The third-order valence-electron chi connectivity index (χ3n) is 3.31. The summed E-state index contributed by atoms with van der Waals surface area (Å²) in [6.45, 7) is 3.59. The zero-order valence-electron chi connectivity index (χ0n) is 10.6. The fourth-order valence-electron chi connectivity index (χ4n) is 2.36. The van der Waals surface area contributed by atoms with Crippen LogP contribution in [0.5, 0.6) is 0 Å². The summed E-state index contributed by atoms with van der Waals surface area (Å²) < 4.78 is 5.88. The smallest absolute Gasteiger partial charge is 0.0954 e. The van der Waals surface area contributed by atoms with Crippen molar-refractivity contribution in [2.45, 2.75) is 18.9 Å². The summed E-state index contributed by atoms with van der Waals surface area (Å²) in [6.07, 6.45) is 2.31. The first-order valence-corrected chi connectivity index (χ1v) is 6.39. The van der Waals surface area contributed by atoms with E-state index < -0.39 is 0 Å². The maximum atomic E-state index is 5.88. The molecule has 0 saturated carbocycles. The minimum absolute atomic E-state index is 0.225. The van der Waals surface area contributed by atoms with Gasteiger partial charge in [-0.3, -0.25) is 0 Å². The topological polar surface area (TPSA) is 38.5 Å². The van der Waals surface area contributed by atoms with Crippen LogP contribution < -0.4 is 5.73 Å². The van der Waals surface area contributed by atoms with E-state index in [-0.39, 0.29) is 6.10 Å². The highest BCUT2D eigenvalue weighted by atomic mass is 16.5. The second-order valence-electron chi connectivity index (χ2n) is 4.71. The van der Waals surface area contributed by atoms with Gasteiger partial charge in [-0.05, 0) is 44.1 Å². The maximum absolute atomic E-state index is 5.88. The van der Waals surface area contributed by atoms with Crippen LogP contribution in [0.1, 0.15) is 23.7 Å². The molecule has 17 heavy (non-hydrogen) atoms. The number of benzene rings is 1. The number of hydrogen-bond donors (Lipinski definition) is 1. The van der Waals surface area contributed by atoms with Crippen LogP contribution in [-0.2, 0) is 11.2 Å². The van der Waals surface area contributed by atoms with Crippen LogP contribution in [0.4, 0.5) is 0 Å². The third-order valence-corrected chi connectivity index (χ3v) is 3.31. The van der Waals surface area contributed by atoms with Gasteiger partial charge in [-0.2, -0.15) is 0 Å². The molecule has 0 fully saturated rings. The summed E-state index contributed by atoms with van der Waals surface area (Å²) in [6, 6.07) is 8.61. The summed E-state index contributed by atoms with van der Waals surface area (Å²) in [5.41, 5.74) is 8.33. The molecule has 1 unspecified atom stereocenters. The summed E-state index contributed by atoms with van der Waals surface area (Å²) in [5, 5.41) is 0. The average Bonchev–Trinajstić information content (AvgIpc) is 2.37. The fraction of sp³-hybridized carbons (Fsp3) is 0.571. The van der Waals surface area contributed by atoms with Crippen molar-refractivity contribution in [3.63, 3.8) is 0 Å². The van der Waals surface area contributed by atoms with E-state index in [9.17, 15) is 0 Å². The number of rotatable bonds is 5. The Morgan fingerprint density at radius 2 is 2.24 bits per heavy atom. The molecule has 2 N–H and O–H groups in total. The molecule has 2 rings (SSSR count). The lowest BCUT2D eigenvalue weighted by molar-refractivity contribution is 0.0210. The van der Waals surface area contributed by atoms with Crippen LogP contribution in [-0.4, -0.2) is 38.2 Å². The fourth-order valence-corrected chi connectivity index (χ4v) is 2.36. The normalized spacial score (nSPS) is 19.4. The molecule has 0 spiro atoms. The second-order valence-corrected chi connectivity index (χ2v) is 4.71. The Morgan fingerprint density at radius 1 is 1.41 bits per heavy atom. The maximum Gasteiger partial charge on any atom is 0.0954 e. The molecule has 1 aromatic carbocycles. The van der Waals surface area contributed by atoms with Crippen LogP contribution in [0.15, 0.2) is 24.3 Å². The van der Waals surface area contributed by atoms with Crippen LogP contribution in [0.3, 0.4) is 0 Å². The number of hydrogen-bond acceptors (Lipinski definition) is 3. The van der Waals surface area contributed by atoms with E-state index in [1.807, 2.05) is 0 Å². The minimum Gasteiger partial charge on any atom is -0.372 e. The number of likely N-dealkylation sites (N-methyl/N-ethyl adjacent to an activating group) is 1. The van der Waals surface area contributed by atoms with E-state index in [4.69, 9.17) is 10.5 Å². The lowest BCUT2D eigenvalue weighted by Crippen LogP contribution is -2.30. The van der Waals surface area contributed by atoms with Gasteiger partial charge in [0.05, 0.1) is 12.7 Å². The van der Waals surface area contributed by atoms with Gasteiger partial charge in [0.2, 0.25) is 0 Å². The predicted octanol–water partition coefficient (Wildman–Crippen LogP) is 1.58. The highest BCUT2D eigenvalue weighted by molar-refractivity contribution is 5.31. The lowest BCUT2D eigenvalue weighted by atomic mass is 9.97. The number of ether oxygens (including phenoxy) is 1. The van der Waals surface area contributed by atoms with E-state index >= 15 is 0 Å². The molecule has 1 aromatic rings. The van der Waals surface area contributed by atoms with E-state index in [0.29, 0.717) is 0 Å². The molecule has 0 bridgehead atoms. The van der Waals surface area contributed by atoms with Crippen molar-refractivity contribution in [3.05, 3.63) is 35.4 Å². The van der Waals surface area contributed by atoms with Crippen molar-refractivity contribution in [3.8, 4) is 0 Å².